The molecule has 0 heterocycles. The van der Waals surface area contributed by atoms with Gasteiger partial charge < -0.3 is 14.3 Å². The molecule has 33 heavy (non-hydrogen) atoms. The molecule has 7 heteroatoms. The Kier molecular flexibility index (Phi) is 7.34. The summed E-state index contributed by atoms with van der Waals surface area (Å²) in [6, 6.07) is 21.5. The molecule has 0 bridgehead atoms. The molecule has 3 aromatic carbocycles. The number of aliphatic carboxylic acids is 1. The van der Waals surface area contributed by atoms with E-state index in [4.69, 9.17) is 9.16 Å². The van der Waals surface area contributed by atoms with Crippen LogP contribution in [0.15, 0.2) is 72.8 Å². The highest BCUT2D eigenvalue weighted by Crippen LogP contribution is 2.38. The molecule has 1 atom stereocenters. The van der Waals surface area contributed by atoms with Crippen LogP contribution in [-0.4, -0.2) is 26.0 Å². The summed E-state index contributed by atoms with van der Waals surface area (Å²) < 4.78 is 41.8. The summed E-state index contributed by atoms with van der Waals surface area (Å²) in [5, 5.41) is 10.9. The van der Waals surface area contributed by atoms with Crippen LogP contribution in [0.2, 0.25) is 5.04 Å². The Morgan fingerprint density at radius 2 is 1.39 bits per heavy atom. The van der Waals surface area contributed by atoms with Gasteiger partial charge in [-0.15, -0.1) is 0 Å². The molecule has 0 fully saturated rings. The largest absolute Gasteiger partial charge is 0.534 e. The van der Waals surface area contributed by atoms with Crippen LogP contribution >= 0.6 is 0 Å². The molecular formula is C26H28F2O4Si. The zero-order valence-electron chi connectivity index (χ0n) is 19.1. The second-order valence-electron chi connectivity index (χ2n) is 8.74. The van der Waals surface area contributed by atoms with E-state index in [1.807, 2.05) is 60.7 Å². The van der Waals surface area contributed by atoms with E-state index in [0.29, 0.717) is 0 Å². The van der Waals surface area contributed by atoms with E-state index in [1.165, 1.54) is 0 Å². The first kappa shape index (κ1) is 24.6. The van der Waals surface area contributed by atoms with Gasteiger partial charge in [0.2, 0.25) is 0 Å². The van der Waals surface area contributed by atoms with Crippen LogP contribution in [0.3, 0.4) is 0 Å². The van der Waals surface area contributed by atoms with Crippen molar-refractivity contribution in [3.05, 3.63) is 90.0 Å². The molecule has 0 saturated heterocycles. The van der Waals surface area contributed by atoms with E-state index in [9.17, 15) is 9.90 Å². The molecule has 0 aliphatic heterocycles. The van der Waals surface area contributed by atoms with Gasteiger partial charge in [0.15, 0.2) is 6.10 Å². The van der Waals surface area contributed by atoms with Crippen LogP contribution in [0.25, 0.3) is 0 Å². The van der Waals surface area contributed by atoms with Gasteiger partial charge in [0.05, 0.1) is 5.56 Å². The summed E-state index contributed by atoms with van der Waals surface area (Å²) in [7, 11) is -3.10. The number of carboxylic acids is 1. The third-order valence-corrected chi connectivity index (χ3v) is 10.5. The van der Waals surface area contributed by atoms with Gasteiger partial charge in [-0.3, -0.25) is 0 Å². The molecule has 174 valence electrons. The molecule has 0 spiro atoms. The first-order valence-corrected chi connectivity index (χ1v) is 12.7. The number of hydrogen-bond donors (Lipinski definition) is 1. The number of carbonyl (C=O) groups is 1. The Morgan fingerprint density at radius 3 is 1.76 bits per heavy atom. The first-order chi connectivity index (χ1) is 15.6. The fourth-order valence-electron chi connectivity index (χ4n) is 4.14. The summed E-state index contributed by atoms with van der Waals surface area (Å²) in [4.78, 5) is 11.5. The summed E-state index contributed by atoms with van der Waals surface area (Å²) in [6.07, 6.45) is -1.74. The summed E-state index contributed by atoms with van der Waals surface area (Å²) in [5.41, 5.74) is -0.640. The quantitative estimate of drug-likeness (QED) is 0.467. The van der Waals surface area contributed by atoms with Crippen molar-refractivity contribution in [3.8, 4) is 5.75 Å². The molecule has 0 aliphatic rings. The molecule has 3 rings (SSSR count). The number of benzene rings is 3. The topological polar surface area (TPSA) is 55.8 Å². The highest BCUT2D eigenvalue weighted by molar-refractivity contribution is 7.00. The van der Waals surface area contributed by atoms with Gasteiger partial charge in [-0.05, 0) is 22.3 Å². The van der Waals surface area contributed by atoms with Gasteiger partial charge in [-0.1, -0.05) is 81.4 Å². The van der Waals surface area contributed by atoms with Crippen LogP contribution in [0.4, 0.5) is 8.78 Å². The first-order valence-electron chi connectivity index (χ1n) is 10.7. The molecule has 3 aromatic rings. The number of hydrogen-bond acceptors (Lipinski definition) is 3. The predicted octanol–water partition coefficient (Wildman–Crippen LogP) is 5.07. The Morgan fingerprint density at radius 1 is 0.939 bits per heavy atom. The maximum Gasteiger partial charge on any atom is 0.337 e. The molecule has 4 nitrogen and oxygen atoms in total. The lowest BCUT2D eigenvalue weighted by molar-refractivity contribution is -0.151. The van der Waals surface area contributed by atoms with Crippen molar-refractivity contribution in [1.82, 2.24) is 0 Å². The molecule has 1 unspecified atom stereocenters. The van der Waals surface area contributed by atoms with Gasteiger partial charge in [-0.25, -0.2) is 13.6 Å². The smallest absolute Gasteiger partial charge is 0.337 e. The third kappa shape index (κ3) is 4.84. The van der Waals surface area contributed by atoms with Gasteiger partial charge in [0, 0.05) is 18.7 Å². The number of rotatable bonds is 8. The highest BCUT2D eigenvalue weighted by atomic mass is 28.4. The number of ether oxygens (including phenoxy) is 1. The van der Waals surface area contributed by atoms with Crippen LogP contribution in [0, 0.1) is 11.6 Å². The van der Waals surface area contributed by atoms with E-state index < -0.39 is 42.6 Å². The van der Waals surface area contributed by atoms with Crippen LogP contribution < -0.4 is 14.8 Å². The summed E-state index contributed by atoms with van der Waals surface area (Å²) >= 11 is 0. The van der Waals surface area contributed by atoms with Gasteiger partial charge in [0.1, 0.15) is 17.4 Å². The van der Waals surface area contributed by atoms with Crippen molar-refractivity contribution in [1.29, 1.82) is 0 Å². The van der Waals surface area contributed by atoms with Crippen molar-refractivity contribution in [2.45, 2.75) is 38.8 Å². The second kappa shape index (κ2) is 9.85. The standard InChI is InChI=1S/C26H28F2O4Si/c1-5-31-24(25(29)30)23-21(27)16-18(17-22(23)28)32-33(26(2,3)4,19-12-8-6-9-13-19)20-14-10-7-11-15-20/h6-17,24H,5H2,1-4H3,(H,29,30). The predicted molar refractivity (Wildman–Crippen MR) is 127 cm³/mol. The van der Waals surface area contributed by atoms with Crippen molar-refractivity contribution in [2.75, 3.05) is 6.61 Å². The third-order valence-electron chi connectivity index (χ3n) is 5.56. The Balaban J connectivity index is 2.20. The molecule has 0 aliphatic carbocycles. The molecule has 0 aromatic heterocycles. The molecule has 0 amide bonds. The lowest BCUT2D eigenvalue weighted by atomic mass is 10.1. The van der Waals surface area contributed by atoms with Crippen molar-refractivity contribution in [3.63, 3.8) is 0 Å². The van der Waals surface area contributed by atoms with E-state index in [0.717, 1.165) is 22.5 Å². The monoisotopic (exact) mass is 470 g/mol. The van der Waals surface area contributed by atoms with Gasteiger partial charge >= 0.3 is 14.3 Å². The van der Waals surface area contributed by atoms with E-state index in [-0.39, 0.29) is 12.4 Å². The van der Waals surface area contributed by atoms with Crippen LogP contribution in [0.1, 0.15) is 39.4 Å². The maximum atomic E-state index is 15.1. The number of halogens is 2. The fraction of sp³-hybridized carbons (Fsp3) is 0.269. The summed E-state index contributed by atoms with van der Waals surface area (Å²) in [6.45, 7) is 7.71. The SMILES string of the molecule is CCOC(C(=O)O)c1c(F)cc(O[Si](c2ccccc2)(c2ccccc2)C(C)(C)C)cc1F. The molecule has 0 saturated carbocycles. The minimum absolute atomic E-state index is 0.00341. The Labute approximate surface area is 193 Å². The fourth-order valence-corrected chi connectivity index (χ4v) is 8.54. The molecule has 0 radical (unpaired) electrons. The van der Waals surface area contributed by atoms with E-state index >= 15 is 8.78 Å². The lowest BCUT2D eigenvalue weighted by Crippen LogP contribution is -2.68. The van der Waals surface area contributed by atoms with Crippen molar-refractivity contribution >= 4 is 24.7 Å². The highest BCUT2D eigenvalue weighted by Gasteiger charge is 2.52. The van der Waals surface area contributed by atoms with Crippen LogP contribution in [-0.2, 0) is 9.53 Å². The Bertz CT molecular complexity index is 1040. The average Bonchev–Trinajstić information content (AvgIpc) is 2.76. The Hall–Kier alpha value is -3.03. The summed E-state index contributed by atoms with van der Waals surface area (Å²) in [5.74, 6) is -3.51. The van der Waals surface area contributed by atoms with Crippen LogP contribution in [0.5, 0.6) is 5.75 Å². The maximum absolute atomic E-state index is 15.1. The molecular weight excluding hydrogens is 442 g/mol. The van der Waals surface area contributed by atoms with Gasteiger partial charge in [-0.2, -0.15) is 0 Å². The zero-order valence-corrected chi connectivity index (χ0v) is 20.1. The second-order valence-corrected chi connectivity index (χ2v) is 13.0. The number of carboxylic acid groups (broad SMARTS) is 1. The van der Waals surface area contributed by atoms with Crippen molar-refractivity contribution in [2.24, 2.45) is 0 Å². The average molecular weight is 471 g/mol. The van der Waals surface area contributed by atoms with Gasteiger partial charge in [0.25, 0.3) is 0 Å². The normalized spacial score (nSPS) is 12.9. The zero-order chi connectivity index (χ0) is 24.2. The van der Waals surface area contributed by atoms with E-state index in [1.54, 1.807) is 6.92 Å². The van der Waals surface area contributed by atoms with Crippen molar-refractivity contribution < 1.29 is 27.8 Å². The van der Waals surface area contributed by atoms with E-state index in [2.05, 4.69) is 20.8 Å². The molecule has 1 N–H and O–H groups in total. The minimum Gasteiger partial charge on any atom is -0.534 e. The minimum atomic E-state index is -3.10. The lowest BCUT2D eigenvalue weighted by Gasteiger charge is -2.43.